The first-order chi connectivity index (χ1) is 22.4. The van der Waals surface area contributed by atoms with Gasteiger partial charge in [0.05, 0.1) is 36.0 Å². The number of ether oxygens (including phenoxy) is 3. The van der Waals surface area contributed by atoms with Gasteiger partial charge in [-0.2, -0.15) is 0 Å². The maximum Gasteiger partial charge on any atom is 0.168 e. The Morgan fingerprint density at radius 2 is 0.957 bits per heavy atom. The summed E-state index contributed by atoms with van der Waals surface area (Å²) in [6.45, 7) is 8.54. The summed E-state index contributed by atoms with van der Waals surface area (Å²) in [4.78, 5) is 14.4. The number of aromatic hydroxyl groups is 2. The van der Waals surface area contributed by atoms with Crippen LogP contribution in [0.25, 0.3) is 34.2 Å². The van der Waals surface area contributed by atoms with Crippen LogP contribution in [-0.2, 0) is 0 Å². The van der Waals surface area contributed by atoms with E-state index in [1.807, 2.05) is 36.4 Å². The molecule has 0 saturated heterocycles. The third-order valence-corrected chi connectivity index (χ3v) is 8.22. The van der Waals surface area contributed by atoms with Crippen LogP contribution in [0.15, 0.2) is 60.7 Å². The zero-order chi connectivity index (χ0) is 32.9. The van der Waals surface area contributed by atoms with Gasteiger partial charge in [-0.05, 0) is 74.9 Å². The Kier molecular flexibility index (Phi) is 13.1. The lowest BCUT2D eigenvalue weighted by Gasteiger charge is -2.20. The number of nitrogens with zero attached hydrogens (tertiary/aromatic N) is 3. The second-order valence-corrected chi connectivity index (χ2v) is 11.6. The zero-order valence-corrected chi connectivity index (χ0v) is 28.0. The molecule has 4 rings (SSSR count). The van der Waals surface area contributed by atoms with Crippen LogP contribution in [0, 0.1) is 0 Å². The number of unbranched alkanes of at least 4 members (excludes halogenated alkanes) is 4. The molecular weight excluding hydrogens is 578 g/mol. The molecule has 0 aliphatic heterocycles. The normalized spacial score (nSPS) is 12.5. The van der Waals surface area contributed by atoms with Crippen molar-refractivity contribution < 1.29 is 24.4 Å². The van der Waals surface area contributed by atoms with E-state index in [1.54, 1.807) is 31.4 Å². The first-order valence-corrected chi connectivity index (χ1v) is 16.8. The second-order valence-electron chi connectivity index (χ2n) is 11.6. The molecule has 46 heavy (non-hydrogen) atoms. The highest BCUT2D eigenvalue weighted by Crippen LogP contribution is 2.41. The minimum absolute atomic E-state index is 0.0145. The highest BCUT2D eigenvalue weighted by molar-refractivity contribution is 5.75. The molecule has 0 amide bonds. The SMILES string of the molecule is CCCCCC(CC)Oc1cccc(-c2nc(-c3ccccc3OC)nc(-c3cccc(OC(CC)CCCCC)c3O)n2)c1O. The minimum Gasteiger partial charge on any atom is -0.504 e. The van der Waals surface area contributed by atoms with Gasteiger partial charge in [0, 0.05) is 0 Å². The molecule has 1 heterocycles. The number of phenols is 2. The van der Waals surface area contributed by atoms with E-state index in [9.17, 15) is 10.2 Å². The van der Waals surface area contributed by atoms with Gasteiger partial charge < -0.3 is 24.4 Å². The van der Waals surface area contributed by atoms with E-state index in [-0.39, 0.29) is 35.4 Å². The number of para-hydroxylation sites is 3. The molecule has 8 nitrogen and oxygen atoms in total. The van der Waals surface area contributed by atoms with Crippen molar-refractivity contribution in [3.63, 3.8) is 0 Å². The number of rotatable bonds is 18. The van der Waals surface area contributed by atoms with E-state index in [2.05, 4.69) is 27.7 Å². The van der Waals surface area contributed by atoms with Gasteiger partial charge in [0.1, 0.15) is 5.75 Å². The summed E-state index contributed by atoms with van der Waals surface area (Å²) in [5.41, 5.74) is 1.45. The van der Waals surface area contributed by atoms with Crippen molar-refractivity contribution in [1.29, 1.82) is 0 Å². The fraction of sp³-hybridized carbons (Fsp3) is 0.447. The molecule has 0 aliphatic carbocycles. The van der Waals surface area contributed by atoms with Crippen molar-refractivity contribution in [1.82, 2.24) is 15.0 Å². The van der Waals surface area contributed by atoms with Crippen molar-refractivity contribution in [2.45, 2.75) is 104 Å². The standard InChI is InChI=1S/C38H49N3O5/c1-6-10-12-18-26(8-3)45-32-24-16-21-29(34(32)42)37-39-36(28-20-14-15-23-31(28)44-5)40-38(41-37)30-22-17-25-33(35(30)43)46-27(9-4)19-13-11-7-2/h14-17,20-27,42-43H,6-13,18-19H2,1-5H3. The fourth-order valence-electron chi connectivity index (χ4n) is 5.46. The molecule has 246 valence electrons. The molecule has 0 saturated carbocycles. The van der Waals surface area contributed by atoms with Crippen LogP contribution in [0.2, 0.25) is 0 Å². The van der Waals surface area contributed by atoms with E-state index >= 15 is 0 Å². The van der Waals surface area contributed by atoms with E-state index in [4.69, 9.17) is 29.2 Å². The molecular formula is C38H49N3O5. The summed E-state index contributed by atoms with van der Waals surface area (Å²) in [5, 5.41) is 23.0. The number of aromatic nitrogens is 3. The molecule has 3 aromatic carbocycles. The number of benzene rings is 3. The van der Waals surface area contributed by atoms with Crippen LogP contribution >= 0.6 is 0 Å². The highest BCUT2D eigenvalue weighted by atomic mass is 16.5. The lowest BCUT2D eigenvalue weighted by Crippen LogP contribution is -2.15. The van der Waals surface area contributed by atoms with Gasteiger partial charge in [0.25, 0.3) is 0 Å². The fourth-order valence-corrected chi connectivity index (χ4v) is 5.46. The molecule has 8 heteroatoms. The largest absolute Gasteiger partial charge is 0.504 e. The van der Waals surface area contributed by atoms with E-state index in [1.165, 1.54) is 0 Å². The van der Waals surface area contributed by atoms with Crippen LogP contribution in [-0.4, -0.2) is 44.5 Å². The van der Waals surface area contributed by atoms with Crippen LogP contribution in [0.3, 0.4) is 0 Å². The van der Waals surface area contributed by atoms with Crippen molar-refractivity contribution in [3.8, 4) is 62.9 Å². The second kappa shape index (κ2) is 17.4. The summed E-state index contributed by atoms with van der Waals surface area (Å²) in [7, 11) is 1.59. The molecule has 1 aromatic heterocycles. The number of hydrogen-bond donors (Lipinski definition) is 2. The van der Waals surface area contributed by atoms with Gasteiger partial charge in [-0.3, -0.25) is 0 Å². The Morgan fingerprint density at radius 3 is 1.39 bits per heavy atom. The number of phenolic OH excluding ortho intramolecular Hbond substituents is 2. The van der Waals surface area contributed by atoms with Gasteiger partial charge in [0.15, 0.2) is 40.5 Å². The molecule has 0 fully saturated rings. The molecule has 0 spiro atoms. The summed E-state index contributed by atoms with van der Waals surface area (Å²) in [6.07, 6.45) is 10.1. The first-order valence-electron chi connectivity index (χ1n) is 16.8. The molecule has 0 radical (unpaired) electrons. The van der Waals surface area contributed by atoms with Crippen molar-refractivity contribution in [3.05, 3.63) is 60.7 Å². The average Bonchev–Trinajstić information content (AvgIpc) is 3.08. The predicted octanol–water partition coefficient (Wildman–Crippen LogP) is 9.77. The lowest BCUT2D eigenvalue weighted by molar-refractivity contribution is 0.176. The smallest absolute Gasteiger partial charge is 0.168 e. The third kappa shape index (κ3) is 8.68. The van der Waals surface area contributed by atoms with Gasteiger partial charge in [-0.1, -0.05) is 77.6 Å². The van der Waals surface area contributed by atoms with E-state index in [0.29, 0.717) is 39.8 Å². The minimum atomic E-state index is -0.0428. The summed E-state index contributed by atoms with van der Waals surface area (Å²) in [5.74, 6) is 2.09. The molecule has 0 bridgehead atoms. The maximum absolute atomic E-state index is 11.5. The van der Waals surface area contributed by atoms with Gasteiger partial charge in [-0.25, -0.2) is 15.0 Å². The lowest BCUT2D eigenvalue weighted by atomic mass is 10.1. The Hall–Kier alpha value is -4.33. The first kappa shape index (κ1) is 34.5. The van der Waals surface area contributed by atoms with Crippen LogP contribution in [0.1, 0.15) is 91.9 Å². The molecule has 2 N–H and O–H groups in total. The summed E-state index contributed by atoms with van der Waals surface area (Å²) < 4.78 is 18.2. The molecule has 2 unspecified atom stereocenters. The molecule has 4 aromatic rings. The Balaban J connectivity index is 1.80. The van der Waals surface area contributed by atoms with Crippen molar-refractivity contribution in [2.24, 2.45) is 0 Å². The van der Waals surface area contributed by atoms with Crippen molar-refractivity contribution >= 4 is 0 Å². The quantitative estimate of drug-likeness (QED) is 0.105. The Morgan fingerprint density at radius 1 is 0.543 bits per heavy atom. The van der Waals surface area contributed by atoms with Crippen LogP contribution < -0.4 is 14.2 Å². The predicted molar refractivity (Wildman–Crippen MR) is 184 cm³/mol. The molecule has 0 aliphatic rings. The van der Waals surface area contributed by atoms with Gasteiger partial charge in [0.2, 0.25) is 0 Å². The maximum atomic E-state index is 11.5. The monoisotopic (exact) mass is 627 g/mol. The summed E-state index contributed by atoms with van der Waals surface area (Å²) in [6, 6.07) is 18.2. The van der Waals surface area contributed by atoms with Gasteiger partial charge >= 0.3 is 0 Å². The molecule has 2 atom stereocenters. The number of hydrogen-bond acceptors (Lipinski definition) is 8. The average molecular weight is 628 g/mol. The third-order valence-electron chi connectivity index (χ3n) is 8.22. The van der Waals surface area contributed by atoms with E-state index < -0.39 is 0 Å². The van der Waals surface area contributed by atoms with Crippen molar-refractivity contribution in [2.75, 3.05) is 7.11 Å². The van der Waals surface area contributed by atoms with Crippen LogP contribution in [0.5, 0.6) is 28.7 Å². The zero-order valence-electron chi connectivity index (χ0n) is 28.0. The highest BCUT2D eigenvalue weighted by Gasteiger charge is 2.22. The Bertz CT molecular complexity index is 1460. The number of methoxy groups -OCH3 is 1. The Labute approximate surface area is 273 Å². The summed E-state index contributed by atoms with van der Waals surface area (Å²) >= 11 is 0. The van der Waals surface area contributed by atoms with Crippen LogP contribution in [0.4, 0.5) is 0 Å². The van der Waals surface area contributed by atoms with E-state index in [0.717, 1.165) is 64.2 Å². The van der Waals surface area contributed by atoms with Gasteiger partial charge in [-0.15, -0.1) is 0 Å². The topological polar surface area (TPSA) is 107 Å².